The number of thioether (sulfide) groups is 2. The van der Waals surface area contributed by atoms with E-state index in [1.807, 2.05) is 13.8 Å². The number of allylic oxidation sites excluding steroid dienone is 1. The average Bonchev–Trinajstić information content (AvgIpc) is 2.36. The molecule has 0 aromatic heterocycles. The lowest BCUT2D eigenvalue weighted by atomic mass is 10.1. The monoisotopic (exact) mass is 376 g/mol. The van der Waals surface area contributed by atoms with E-state index in [4.69, 9.17) is 11.6 Å². The summed E-state index contributed by atoms with van der Waals surface area (Å²) in [5, 5.41) is 0.512. The lowest BCUT2D eigenvalue weighted by molar-refractivity contribution is -0.115. The summed E-state index contributed by atoms with van der Waals surface area (Å²) in [6.07, 6.45) is 2.14. The van der Waals surface area contributed by atoms with Crippen molar-refractivity contribution in [1.29, 1.82) is 0 Å². The molecule has 7 heteroatoms. The number of rotatable bonds is 5. The summed E-state index contributed by atoms with van der Waals surface area (Å²) in [6, 6.07) is 6.18. The molecule has 0 radical (unpaired) electrons. The van der Waals surface area contributed by atoms with Crippen LogP contribution < -0.4 is 0 Å². The second kappa shape index (κ2) is 6.99. The molecule has 0 saturated carbocycles. The van der Waals surface area contributed by atoms with Crippen LogP contribution >= 0.6 is 35.1 Å². The molecule has 2 rings (SSSR count). The van der Waals surface area contributed by atoms with E-state index in [9.17, 15) is 13.2 Å². The van der Waals surface area contributed by atoms with Gasteiger partial charge >= 0.3 is 0 Å². The zero-order valence-corrected chi connectivity index (χ0v) is 15.5. The van der Waals surface area contributed by atoms with Gasteiger partial charge in [0.1, 0.15) is 0 Å². The number of carbonyl (C=O) groups is 1. The minimum absolute atomic E-state index is 0.0335. The fourth-order valence-electron chi connectivity index (χ4n) is 2.02. The Hall–Kier alpha value is -0.430. The van der Waals surface area contributed by atoms with Crippen LogP contribution in [0.5, 0.6) is 0 Å². The van der Waals surface area contributed by atoms with Crippen molar-refractivity contribution in [3.05, 3.63) is 39.6 Å². The van der Waals surface area contributed by atoms with Crippen molar-refractivity contribution in [2.75, 3.05) is 11.5 Å². The van der Waals surface area contributed by atoms with Crippen LogP contribution in [-0.4, -0.2) is 30.5 Å². The number of ketones is 1. The molecule has 0 unspecified atom stereocenters. The summed E-state index contributed by atoms with van der Waals surface area (Å²) < 4.78 is 25.2. The van der Waals surface area contributed by atoms with Gasteiger partial charge in [-0.1, -0.05) is 11.6 Å². The Bertz CT molecular complexity index is 691. The van der Waals surface area contributed by atoms with E-state index in [2.05, 4.69) is 0 Å². The molecule has 0 bridgehead atoms. The van der Waals surface area contributed by atoms with Crippen LogP contribution in [0.25, 0.3) is 0 Å². The highest BCUT2D eigenvalue weighted by Crippen LogP contribution is 2.43. The van der Waals surface area contributed by atoms with E-state index in [0.717, 1.165) is 4.24 Å². The molecular formula is C15H17ClO3S3. The smallest absolute Gasteiger partial charge is 0.179 e. The summed E-state index contributed by atoms with van der Waals surface area (Å²) in [5.74, 6) is 0.561. The van der Waals surface area contributed by atoms with Gasteiger partial charge < -0.3 is 0 Å². The van der Waals surface area contributed by atoms with Gasteiger partial charge in [-0.3, -0.25) is 4.79 Å². The highest BCUT2D eigenvalue weighted by atomic mass is 35.5. The molecule has 0 saturated heterocycles. The minimum atomic E-state index is -3.32. The molecule has 1 aromatic carbocycles. The first kappa shape index (κ1) is 17.9. The average molecular weight is 377 g/mol. The van der Waals surface area contributed by atoms with Crippen molar-refractivity contribution in [2.24, 2.45) is 0 Å². The predicted molar refractivity (Wildman–Crippen MR) is 95.3 cm³/mol. The van der Waals surface area contributed by atoms with Crippen LogP contribution in [0.4, 0.5) is 0 Å². The number of hydrogen-bond acceptors (Lipinski definition) is 5. The van der Waals surface area contributed by atoms with Crippen molar-refractivity contribution in [1.82, 2.24) is 0 Å². The SMILES string of the molecule is CC1(C)CC(=O)C=C(SCCS(=O)(=O)c2ccc(Cl)cc2)S1. The highest BCUT2D eigenvalue weighted by Gasteiger charge is 2.28. The van der Waals surface area contributed by atoms with Gasteiger partial charge in [-0.25, -0.2) is 8.42 Å². The molecule has 1 aromatic rings. The Morgan fingerprint density at radius 1 is 1.27 bits per heavy atom. The van der Waals surface area contributed by atoms with Crippen LogP contribution in [0.2, 0.25) is 5.02 Å². The fourth-order valence-corrected chi connectivity index (χ4v) is 6.67. The van der Waals surface area contributed by atoms with Gasteiger partial charge in [0.25, 0.3) is 0 Å². The normalized spacial score (nSPS) is 18.1. The Labute approximate surface area is 144 Å². The quantitative estimate of drug-likeness (QED) is 0.771. The third-order valence-electron chi connectivity index (χ3n) is 3.02. The molecule has 0 aliphatic carbocycles. The first-order chi connectivity index (χ1) is 10.2. The molecule has 3 nitrogen and oxygen atoms in total. The molecule has 120 valence electrons. The lowest BCUT2D eigenvalue weighted by Crippen LogP contribution is -2.22. The number of carbonyl (C=O) groups excluding carboxylic acids is 1. The highest BCUT2D eigenvalue weighted by molar-refractivity contribution is 8.23. The van der Waals surface area contributed by atoms with Gasteiger partial charge in [-0.05, 0) is 38.1 Å². The number of hydrogen-bond donors (Lipinski definition) is 0. The summed E-state index contributed by atoms with van der Waals surface area (Å²) >= 11 is 8.82. The maximum Gasteiger partial charge on any atom is 0.179 e. The zero-order chi connectivity index (χ0) is 16.4. The van der Waals surface area contributed by atoms with E-state index in [1.54, 1.807) is 30.0 Å². The third-order valence-corrected chi connectivity index (χ3v) is 7.70. The van der Waals surface area contributed by atoms with Crippen molar-refractivity contribution in [3.63, 3.8) is 0 Å². The third kappa shape index (κ3) is 5.05. The van der Waals surface area contributed by atoms with Crippen molar-refractivity contribution in [2.45, 2.75) is 29.9 Å². The van der Waals surface area contributed by atoms with Crippen molar-refractivity contribution in [3.8, 4) is 0 Å². The van der Waals surface area contributed by atoms with E-state index in [1.165, 1.54) is 23.9 Å². The molecule has 0 amide bonds. The first-order valence-electron chi connectivity index (χ1n) is 6.73. The zero-order valence-electron chi connectivity index (χ0n) is 12.3. The standard InChI is InChI=1S/C15H17ClO3S3/c1-15(2)10-12(17)9-14(21-15)20-7-8-22(18,19)13-5-3-11(16)4-6-13/h3-6,9H,7-8,10H2,1-2H3. The summed E-state index contributed by atoms with van der Waals surface area (Å²) in [7, 11) is -3.32. The molecule has 1 aliphatic heterocycles. The molecule has 22 heavy (non-hydrogen) atoms. The van der Waals surface area contributed by atoms with Crippen LogP contribution in [0.1, 0.15) is 20.3 Å². The Balaban J connectivity index is 1.96. The molecule has 0 fully saturated rings. The van der Waals surface area contributed by atoms with Gasteiger partial charge in [-0.15, -0.1) is 23.5 Å². The topological polar surface area (TPSA) is 51.2 Å². The van der Waals surface area contributed by atoms with E-state index in [0.29, 0.717) is 17.2 Å². The van der Waals surface area contributed by atoms with E-state index < -0.39 is 9.84 Å². The van der Waals surface area contributed by atoms with Crippen LogP contribution in [0.15, 0.2) is 39.5 Å². The molecule has 0 N–H and O–H groups in total. The van der Waals surface area contributed by atoms with Crippen molar-refractivity contribution >= 4 is 50.7 Å². The van der Waals surface area contributed by atoms with E-state index >= 15 is 0 Å². The summed E-state index contributed by atoms with van der Waals surface area (Å²) in [6.45, 7) is 4.04. The largest absolute Gasteiger partial charge is 0.295 e. The first-order valence-corrected chi connectivity index (χ1v) is 10.6. The minimum Gasteiger partial charge on any atom is -0.295 e. The second-order valence-electron chi connectivity index (χ2n) is 5.59. The predicted octanol–water partition coefficient (Wildman–Crippen LogP) is 4.17. The Morgan fingerprint density at radius 2 is 1.91 bits per heavy atom. The molecular weight excluding hydrogens is 360 g/mol. The number of benzene rings is 1. The fraction of sp³-hybridized carbons (Fsp3) is 0.400. The van der Waals surface area contributed by atoms with Crippen LogP contribution in [0, 0.1) is 0 Å². The second-order valence-corrected chi connectivity index (χ2v) is 11.3. The maximum absolute atomic E-state index is 12.2. The molecule has 1 aliphatic rings. The number of sulfone groups is 1. The lowest BCUT2D eigenvalue weighted by Gasteiger charge is -2.27. The number of halogens is 1. The van der Waals surface area contributed by atoms with Gasteiger partial charge in [0.2, 0.25) is 0 Å². The molecule has 0 atom stereocenters. The van der Waals surface area contributed by atoms with Gasteiger partial charge in [0, 0.05) is 32.3 Å². The van der Waals surface area contributed by atoms with Crippen LogP contribution in [-0.2, 0) is 14.6 Å². The maximum atomic E-state index is 12.2. The van der Waals surface area contributed by atoms with Gasteiger partial charge in [0.15, 0.2) is 15.6 Å². The Kier molecular flexibility index (Phi) is 5.69. The van der Waals surface area contributed by atoms with Crippen molar-refractivity contribution < 1.29 is 13.2 Å². The molecule has 0 spiro atoms. The Morgan fingerprint density at radius 3 is 2.50 bits per heavy atom. The summed E-state index contributed by atoms with van der Waals surface area (Å²) in [5.41, 5.74) is 0. The molecule has 1 heterocycles. The van der Waals surface area contributed by atoms with Gasteiger partial charge in [-0.2, -0.15) is 0 Å². The van der Waals surface area contributed by atoms with Crippen LogP contribution in [0.3, 0.4) is 0 Å². The van der Waals surface area contributed by atoms with E-state index in [-0.39, 0.29) is 21.2 Å². The van der Waals surface area contributed by atoms with Gasteiger partial charge in [0.05, 0.1) is 10.6 Å². The summed E-state index contributed by atoms with van der Waals surface area (Å²) in [4.78, 5) is 11.9.